The second kappa shape index (κ2) is 6.93. The maximum atomic E-state index is 14.1. The van der Waals surface area contributed by atoms with Crippen molar-refractivity contribution < 1.29 is 17.9 Å². The molecule has 0 radical (unpaired) electrons. The van der Waals surface area contributed by atoms with Crippen molar-refractivity contribution >= 4 is 58.0 Å². The van der Waals surface area contributed by atoms with Crippen molar-refractivity contribution in [1.29, 1.82) is 0 Å². The summed E-state index contributed by atoms with van der Waals surface area (Å²) in [6.07, 6.45) is 0. The molecule has 0 saturated heterocycles. The zero-order valence-electron chi connectivity index (χ0n) is 10.2. The zero-order chi connectivity index (χ0) is 16.6. The minimum Gasteiger partial charge on any atom is -0.435 e. The predicted molar refractivity (Wildman–Crippen MR) is 83.5 cm³/mol. The Hall–Kier alpha value is -0.520. The molecule has 9 heteroatoms. The number of halogens is 8. The van der Waals surface area contributed by atoms with Crippen LogP contribution in [0.1, 0.15) is 0 Å². The Bertz CT molecular complexity index is 707. The fourth-order valence-corrected chi connectivity index (χ4v) is 3.06. The van der Waals surface area contributed by atoms with Gasteiger partial charge in [0.15, 0.2) is 0 Å². The maximum absolute atomic E-state index is 14.1. The van der Waals surface area contributed by atoms with E-state index < -0.39 is 12.4 Å². The van der Waals surface area contributed by atoms with E-state index in [1.807, 2.05) is 0 Å². The number of rotatable bonds is 3. The van der Waals surface area contributed by atoms with Crippen LogP contribution in [0.3, 0.4) is 0 Å². The molecule has 0 aromatic heterocycles. The van der Waals surface area contributed by atoms with Gasteiger partial charge in [-0.15, -0.1) is 0 Å². The van der Waals surface area contributed by atoms with E-state index in [0.29, 0.717) is 0 Å². The monoisotopic (exact) mass is 408 g/mol. The lowest BCUT2D eigenvalue weighted by molar-refractivity contribution is -0.0499. The molecule has 0 atom stereocenters. The minimum absolute atomic E-state index is 0.00355. The van der Waals surface area contributed by atoms with Gasteiger partial charge in [-0.3, -0.25) is 0 Å². The smallest absolute Gasteiger partial charge is 0.387 e. The molecule has 2 aromatic rings. The van der Waals surface area contributed by atoms with Crippen LogP contribution in [0.15, 0.2) is 18.2 Å². The van der Waals surface area contributed by atoms with Crippen molar-refractivity contribution in [2.45, 2.75) is 6.61 Å². The summed E-state index contributed by atoms with van der Waals surface area (Å²) in [5.41, 5.74) is -0.0825. The number of ether oxygens (including phenoxy) is 1. The number of alkyl halides is 2. The van der Waals surface area contributed by atoms with Gasteiger partial charge in [-0.1, -0.05) is 58.0 Å². The van der Waals surface area contributed by atoms with E-state index in [4.69, 9.17) is 58.0 Å². The van der Waals surface area contributed by atoms with Gasteiger partial charge in [0.2, 0.25) is 0 Å². The van der Waals surface area contributed by atoms with Crippen molar-refractivity contribution in [3.05, 3.63) is 49.1 Å². The highest BCUT2D eigenvalue weighted by molar-refractivity contribution is 6.56. The second-order valence-electron chi connectivity index (χ2n) is 3.97. The molecule has 0 amide bonds. The molecule has 118 valence electrons. The molecule has 0 saturated carbocycles. The van der Waals surface area contributed by atoms with Crippen LogP contribution in [0.5, 0.6) is 5.75 Å². The molecule has 2 aromatic carbocycles. The molecule has 22 heavy (non-hydrogen) atoms. The van der Waals surface area contributed by atoms with E-state index in [9.17, 15) is 13.2 Å². The molecule has 0 aliphatic rings. The Labute approximate surface area is 148 Å². The van der Waals surface area contributed by atoms with Crippen LogP contribution >= 0.6 is 58.0 Å². The summed E-state index contributed by atoms with van der Waals surface area (Å²) < 4.78 is 42.5. The summed E-state index contributed by atoms with van der Waals surface area (Å²) in [6, 6.07) is 3.07. The van der Waals surface area contributed by atoms with Crippen molar-refractivity contribution in [3.63, 3.8) is 0 Å². The average Bonchev–Trinajstić information content (AvgIpc) is 2.45. The standard InChI is InChI=1S/C13H4Cl5F3O/c14-8-7(9(15)11(17)12(18)10(8)16)5-2-1-4(3-6(5)19)22-13(20)21/h1-3,13H. The van der Waals surface area contributed by atoms with Gasteiger partial charge >= 0.3 is 6.61 Å². The molecule has 0 fully saturated rings. The van der Waals surface area contributed by atoms with Crippen molar-refractivity contribution in [1.82, 2.24) is 0 Å². The molecule has 0 spiro atoms. The van der Waals surface area contributed by atoms with Crippen LogP contribution < -0.4 is 4.74 Å². The van der Waals surface area contributed by atoms with E-state index in [0.717, 1.165) is 12.1 Å². The van der Waals surface area contributed by atoms with Crippen LogP contribution in [0.25, 0.3) is 11.1 Å². The maximum Gasteiger partial charge on any atom is 0.387 e. The zero-order valence-corrected chi connectivity index (χ0v) is 14.0. The number of hydrogen-bond acceptors (Lipinski definition) is 1. The van der Waals surface area contributed by atoms with E-state index in [1.165, 1.54) is 6.07 Å². The van der Waals surface area contributed by atoms with Crippen LogP contribution in [0.4, 0.5) is 13.2 Å². The fraction of sp³-hybridized carbons (Fsp3) is 0.0769. The van der Waals surface area contributed by atoms with Crippen LogP contribution in [0.2, 0.25) is 25.1 Å². The molecule has 2 rings (SSSR count). The lowest BCUT2D eigenvalue weighted by Gasteiger charge is -2.14. The molecule has 0 aliphatic heterocycles. The first-order valence-electron chi connectivity index (χ1n) is 5.50. The van der Waals surface area contributed by atoms with Gasteiger partial charge in [0, 0.05) is 17.2 Å². The molecule has 0 bridgehead atoms. The summed E-state index contributed by atoms with van der Waals surface area (Å²) in [7, 11) is 0. The van der Waals surface area contributed by atoms with Gasteiger partial charge in [0.05, 0.1) is 25.1 Å². The molecule has 0 unspecified atom stereocenters. The molecular formula is C13H4Cl5F3O. The Morgan fingerprint density at radius 1 is 0.818 bits per heavy atom. The molecule has 0 aliphatic carbocycles. The van der Waals surface area contributed by atoms with Crippen LogP contribution in [-0.2, 0) is 0 Å². The lowest BCUT2D eigenvalue weighted by atomic mass is 10.0. The van der Waals surface area contributed by atoms with Crippen LogP contribution in [0, 0.1) is 5.82 Å². The van der Waals surface area contributed by atoms with Gasteiger partial charge < -0.3 is 4.74 Å². The summed E-state index contributed by atoms with van der Waals surface area (Å²) in [6.45, 7) is -3.07. The highest BCUT2D eigenvalue weighted by Crippen LogP contribution is 2.48. The SMILES string of the molecule is Fc1cc(OC(F)F)ccc1-c1c(Cl)c(Cl)c(Cl)c(Cl)c1Cl. The highest BCUT2D eigenvalue weighted by Gasteiger charge is 2.22. The average molecular weight is 410 g/mol. The van der Waals surface area contributed by atoms with Gasteiger partial charge in [0.25, 0.3) is 0 Å². The van der Waals surface area contributed by atoms with Crippen molar-refractivity contribution in [2.24, 2.45) is 0 Å². The molecular weight excluding hydrogens is 406 g/mol. The third kappa shape index (κ3) is 3.36. The quantitative estimate of drug-likeness (QED) is 0.379. The first-order chi connectivity index (χ1) is 10.2. The number of hydrogen-bond donors (Lipinski definition) is 0. The summed E-state index contributed by atoms with van der Waals surface area (Å²) in [4.78, 5) is 0. The Morgan fingerprint density at radius 2 is 1.32 bits per heavy atom. The van der Waals surface area contributed by atoms with E-state index in [-0.39, 0.29) is 42.0 Å². The van der Waals surface area contributed by atoms with Gasteiger partial charge in [-0.25, -0.2) is 4.39 Å². The lowest BCUT2D eigenvalue weighted by Crippen LogP contribution is -2.02. The first kappa shape index (κ1) is 17.8. The topological polar surface area (TPSA) is 9.23 Å². The van der Waals surface area contributed by atoms with Gasteiger partial charge in [-0.05, 0) is 12.1 Å². The van der Waals surface area contributed by atoms with Crippen molar-refractivity contribution in [3.8, 4) is 16.9 Å². The largest absolute Gasteiger partial charge is 0.435 e. The Kier molecular flexibility index (Phi) is 5.62. The first-order valence-corrected chi connectivity index (χ1v) is 7.39. The van der Waals surface area contributed by atoms with E-state index >= 15 is 0 Å². The molecule has 0 heterocycles. The minimum atomic E-state index is -3.07. The summed E-state index contributed by atoms with van der Waals surface area (Å²) in [5.74, 6) is -1.24. The Balaban J connectivity index is 2.63. The normalized spacial score (nSPS) is 11.1. The van der Waals surface area contributed by atoms with Gasteiger partial charge in [-0.2, -0.15) is 8.78 Å². The van der Waals surface area contributed by atoms with E-state index in [2.05, 4.69) is 4.74 Å². The third-order valence-electron chi connectivity index (χ3n) is 2.64. The molecule has 0 N–H and O–H groups in total. The highest BCUT2D eigenvalue weighted by atomic mass is 35.5. The van der Waals surface area contributed by atoms with Crippen molar-refractivity contribution in [2.75, 3.05) is 0 Å². The Morgan fingerprint density at radius 3 is 1.77 bits per heavy atom. The van der Waals surface area contributed by atoms with Gasteiger partial charge in [0.1, 0.15) is 11.6 Å². The molecule has 1 nitrogen and oxygen atoms in total. The fourth-order valence-electron chi connectivity index (χ4n) is 1.72. The summed E-state index contributed by atoms with van der Waals surface area (Å²) >= 11 is 29.7. The predicted octanol–water partition coefficient (Wildman–Crippen LogP) is 7.36. The van der Waals surface area contributed by atoms with Crippen LogP contribution in [-0.4, -0.2) is 6.61 Å². The summed E-state index contributed by atoms with van der Waals surface area (Å²) in [5, 5.41) is -0.481. The third-order valence-corrected chi connectivity index (χ3v) is 4.92. The second-order valence-corrected chi connectivity index (χ2v) is 5.85. The van der Waals surface area contributed by atoms with E-state index in [1.54, 1.807) is 0 Å². The number of benzene rings is 2.